The van der Waals surface area contributed by atoms with E-state index in [9.17, 15) is 28.8 Å². The quantitative estimate of drug-likeness (QED) is 0.0458. The summed E-state index contributed by atoms with van der Waals surface area (Å²) in [6.45, 7) is 4.92. The third-order valence-electron chi connectivity index (χ3n) is 8.46. The average Bonchev–Trinajstić information content (AvgIpc) is 3.69. The molecule has 0 aliphatic heterocycles. The standard InChI is InChI=1S/C39H50N4O11/c1-6-9-11-16-31(32(7-2)43(26-44)53-24-27-14-12-10-13-15-27)37(47)40-25-41-38(48)34-18-17-33(54-34)28-19-29(21-30(20-28)52-8-3)39(49)42(22-35(45)50-4)23-36(46)51-5/h10,12-15,17-21,26,31-32H,6-9,11,16,22-25H2,1-5H3,(H,40,47)(H,41,48)/t31-,32-/m1/s1. The van der Waals surface area contributed by atoms with E-state index in [0.29, 0.717) is 30.6 Å². The zero-order valence-electron chi connectivity index (χ0n) is 31.5. The van der Waals surface area contributed by atoms with Crippen molar-refractivity contribution in [1.29, 1.82) is 0 Å². The molecule has 1 heterocycles. The van der Waals surface area contributed by atoms with Gasteiger partial charge < -0.3 is 34.2 Å². The maximum Gasteiger partial charge on any atom is 0.325 e. The molecule has 15 heteroatoms. The Kier molecular flexibility index (Phi) is 17.7. The Bertz CT molecular complexity index is 1680. The van der Waals surface area contributed by atoms with Crippen LogP contribution in [0.5, 0.6) is 5.75 Å². The van der Waals surface area contributed by atoms with E-state index in [1.807, 2.05) is 37.3 Å². The van der Waals surface area contributed by atoms with Crippen molar-refractivity contribution in [3.8, 4) is 17.1 Å². The molecule has 0 radical (unpaired) electrons. The third kappa shape index (κ3) is 12.8. The molecule has 0 unspecified atom stereocenters. The van der Waals surface area contributed by atoms with Crippen LogP contribution in [0.25, 0.3) is 11.3 Å². The van der Waals surface area contributed by atoms with Crippen LogP contribution in [0.1, 0.15) is 79.4 Å². The summed E-state index contributed by atoms with van der Waals surface area (Å²) >= 11 is 0. The molecule has 54 heavy (non-hydrogen) atoms. The molecule has 4 amide bonds. The van der Waals surface area contributed by atoms with Gasteiger partial charge in [-0.3, -0.25) is 33.6 Å². The summed E-state index contributed by atoms with van der Waals surface area (Å²) in [5.74, 6) is -3.25. The van der Waals surface area contributed by atoms with Gasteiger partial charge in [0.1, 0.15) is 31.2 Å². The van der Waals surface area contributed by atoms with Gasteiger partial charge in [0.25, 0.3) is 11.8 Å². The largest absolute Gasteiger partial charge is 0.494 e. The number of nitrogens with zero attached hydrogens (tertiary/aromatic N) is 2. The molecule has 2 aromatic carbocycles. The van der Waals surface area contributed by atoms with E-state index in [4.69, 9.17) is 14.0 Å². The number of carbonyl (C=O) groups is 6. The van der Waals surface area contributed by atoms with E-state index < -0.39 is 48.8 Å². The Hall–Kier alpha value is -5.70. The summed E-state index contributed by atoms with van der Waals surface area (Å²) in [5.41, 5.74) is 1.33. The topological polar surface area (TPSA) is 183 Å². The predicted octanol–water partition coefficient (Wildman–Crippen LogP) is 4.50. The zero-order valence-corrected chi connectivity index (χ0v) is 31.5. The minimum absolute atomic E-state index is 0.0701. The number of nitrogens with one attached hydrogen (secondary N) is 2. The van der Waals surface area contributed by atoms with Crippen LogP contribution in [0, 0.1) is 5.92 Å². The van der Waals surface area contributed by atoms with Crippen molar-refractivity contribution in [3.63, 3.8) is 0 Å². The molecule has 0 bridgehead atoms. The summed E-state index contributed by atoms with van der Waals surface area (Å²) in [6.07, 6.45) is 4.20. The lowest BCUT2D eigenvalue weighted by atomic mass is 9.90. The third-order valence-corrected chi connectivity index (χ3v) is 8.46. The number of ether oxygens (including phenoxy) is 3. The van der Waals surface area contributed by atoms with Crippen molar-refractivity contribution in [2.45, 2.75) is 65.5 Å². The zero-order chi connectivity index (χ0) is 39.5. The monoisotopic (exact) mass is 750 g/mol. The number of esters is 2. The molecule has 0 aliphatic rings. The van der Waals surface area contributed by atoms with Crippen LogP contribution in [-0.2, 0) is 40.1 Å². The van der Waals surface area contributed by atoms with Gasteiger partial charge in [-0.2, -0.15) is 0 Å². The Morgan fingerprint density at radius 2 is 1.57 bits per heavy atom. The van der Waals surface area contributed by atoms with Crippen LogP contribution in [0.3, 0.4) is 0 Å². The normalized spacial score (nSPS) is 11.8. The Morgan fingerprint density at radius 1 is 0.870 bits per heavy atom. The van der Waals surface area contributed by atoms with Gasteiger partial charge in [0.05, 0.1) is 39.5 Å². The molecule has 0 spiro atoms. The maximum atomic E-state index is 13.5. The van der Waals surface area contributed by atoms with Crippen LogP contribution < -0.4 is 15.4 Å². The lowest BCUT2D eigenvalue weighted by Crippen LogP contribution is -2.48. The van der Waals surface area contributed by atoms with Crippen LogP contribution in [-0.4, -0.2) is 92.7 Å². The number of carbonyl (C=O) groups excluding carboxylic acids is 6. The van der Waals surface area contributed by atoms with E-state index in [1.165, 1.54) is 29.3 Å². The Balaban J connectivity index is 1.73. The second-order valence-electron chi connectivity index (χ2n) is 12.2. The molecule has 2 N–H and O–H groups in total. The number of furan rings is 1. The smallest absolute Gasteiger partial charge is 0.325 e. The summed E-state index contributed by atoms with van der Waals surface area (Å²) in [4.78, 5) is 83.1. The number of rotatable bonds is 23. The fourth-order valence-corrected chi connectivity index (χ4v) is 5.66. The molecule has 1 aromatic heterocycles. The number of benzene rings is 2. The first kappa shape index (κ1) is 42.7. The number of hydrogen-bond acceptors (Lipinski definition) is 11. The molecule has 292 valence electrons. The van der Waals surface area contributed by atoms with Gasteiger partial charge in [-0.05, 0) is 55.7 Å². The Labute approximate surface area is 315 Å². The highest BCUT2D eigenvalue weighted by atomic mass is 16.7. The van der Waals surface area contributed by atoms with Crippen LogP contribution in [0.15, 0.2) is 65.1 Å². The Morgan fingerprint density at radius 3 is 2.19 bits per heavy atom. The van der Waals surface area contributed by atoms with Gasteiger partial charge in [0, 0.05) is 11.1 Å². The van der Waals surface area contributed by atoms with Gasteiger partial charge in [-0.25, -0.2) is 5.06 Å². The first-order valence-electron chi connectivity index (χ1n) is 17.9. The average molecular weight is 751 g/mol. The molecule has 15 nitrogen and oxygen atoms in total. The fraction of sp³-hybridized carbons (Fsp3) is 0.436. The minimum atomic E-state index is -0.737. The van der Waals surface area contributed by atoms with Crippen molar-refractivity contribution in [3.05, 3.63) is 77.6 Å². The number of hydrogen-bond donors (Lipinski definition) is 2. The second kappa shape index (κ2) is 22.4. The number of methoxy groups -OCH3 is 2. The minimum Gasteiger partial charge on any atom is -0.494 e. The lowest BCUT2D eigenvalue weighted by molar-refractivity contribution is -0.200. The highest BCUT2D eigenvalue weighted by Gasteiger charge is 2.32. The maximum absolute atomic E-state index is 13.5. The van der Waals surface area contributed by atoms with E-state index in [0.717, 1.165) is 43.9 Å². The van der Waals surface area contributed by atoms with Gasteiger partial charge in [0.15, 0.2) is 5.76 Å². The highest BCUT2D eigenvalue weighted by Crippen LogP contribution is 2.29. The highest BCUT2D eigenvalue weighted by molar-refractivity contribution is 5.99. The molecule has 3 aromatic rings. The molecule has 0 saturated heterocycles. The van der Waals surface area contributed by atoms with Gasteiger partial charge in [0.2, 0.25) is 12.3 Å². The summed E-state index contributed by atoms with van der Waals surface area (Å²) in [5, 5.41) is 6.61. The van der Waals surface area contributed by atoms with Crippen molar-refractivity contribution in [1.82, 2.24) is 20.6 Å². The van der Waals surface area contributed by atoms with Crippen molar-refractivity contribution in [2.75, 3.05) is 40.6 Å². The predicted molar refractivity (Wildman–Crippen MR) is 197 cm³/mol. The first-order chi connectivity index (χ1) is 26.1. The van der Waals surface area contributed by atoms with Gasteiger partial charge in [-0.1, -0.05) is 63.4 Å². The lowest BCUT2D eigenvalue weighted by Gasteiger charge is -2.32. The fourth-order valence-electron chi connectivity index (χ4n) is 5.66. The number of unbranched alkanes of at least 4 members (excludes halogenated alkanes) is 2. The van der Waals surface area contributed by atoms with E-state index in [2.05, 4.69) is 27.0 Å². The molecule has 0 aliphatic carbocycles. The molecule has 2 atom stereocenters. The second-order valence-corrected chi connectivity index (χ2v) is 12.2. The van der Waals surface area contributed by atoms with Crippen molar-refractivity contribution in [2.24, 2.45) is 5.92 Å². The van der Waals surface area contributed by atoms with Crippen molar-refractivity contribution >= 4 is 36.1 Å². The van der Waals surface area contributed by atoms with Gasteiger partial charge in [-0.15, -0.1) is 0 Å². The molecule has 0 fully saturated rings. The van der Waals surface area contributed by atoms with Gasteiger partial charge >= 0.3 is 11.9 Å². The SMILES string of the molecule is CCCCC[C@@H](C(=O)NCNC(=O)c1ccc(-c2cc(OCC)cc(C(=O)N(CC(=O)OC)CC(=O)OC)c2)o1)[C@@H](CC)N(C=O)OCc1ccccc1. The first-order valence-corrected chi connectivity index (χ1v) is 17.9. The molecular weight excluding hydrogens is 700 g/mol. The molecule has 3 rings (SSSR count). The van der Waals surface area contributed by atoms with Crippen LogP contribution >= 0.6 is 0 Å². The van der Waals surface area contributed by atoms with E-state index in [1.54, 1.807) is 13.0 Å². The summed E-state index contributed by atoms with van der Waals surface area (Å²) in [6, 6.07) is 16.4. The van der Waals surface area contributed by atoms with Crippen molar-refractivity contribution < 1.29 is 52.2 Å². The van der Waals surface area contributed by atoms with Crippen LogP contribution in [0.2, 0.25) is 0 Å². The van der Waals surface area contributed by atoms with Crippen LogP contribution in [0.4, 0.5) is 0 Å². The molecular formula is C39H50N4O11. The summed E-state index contributed by atoms with van der Waals surface area (Å²) in [7, 11) is 2.32. The summed E-state index contributed by atoms with van der Waals surface area (Å²) < 4.78 is 20.9. The number of hydroxylamine groups is 2. The molecule has 0 saturated carbocycles. The van der Waals surface area contributed by atoms with E-state index in [-0.39, 0.29) is 42.9 Å². The van der Waals surface area contributed by atoms with E-state index >= 15 is 0 Å². The number of amides is 4.